The number of piperidine rings is 1. The van der Waals surface area contributed by atoms with Crippen molar-refractivity contribution < 1.29 is 0 Å². The summed E-state index contributed by atoms with van der Waals surface area (Å²) < 4.78 is 0. The van der Waals surface area contributed by atoms with Crippen molar-refractivity contribution in [3.8, 4) is 0 Å². The van der Waals surface area contributed by atoms with Gasteiger partial charge in [-0.25, -0.2) is 9.97 Å². The van der Waals surface area contributed by atoms with Gasteiger partial charge in [0.1, 0.15) is 17.5 Å². The molecule has 0 radical (unpaired) electrons. The van der Waals surface area contributed by atoms with Gasteiger partial charge in [0, 0.05) is 19.2 Å². The molecule has 0 aromatic carbocycles. The Morgan fingerprint density at radius 2 is 1.85 bits per heavy atom. The first-order valence-corrected chi connectivity index (χ1v) is 7.69. The fourth-order valence-electron chi connectivity index (χ4n) is 2.69. The minimum absolute atomic E-state index is 0.810. The van der Waals surface area contributed by atoms with E-state index in [1.807, 2.05) is 13.0 Å². The third-order valence-corrected chi connectivity index (χ3v) is 3.89. The highest BCUT2D eigenvalue weighted by molar-refractivity contribution is 5.47. The smallest absolute Gasteiger partial charge is 0.131 e. The summed E-state index contributed by atoms with van der Waals surface area (Å²) in [6.07, 6.45) is 3.88. The maximum absolute atomic E-state index is 4.44. The van der Waals surface area contributed by atoms with Crippen LogP contribution in [0.4, 0.5) is 11.6 Å². The van der Waals surface area contributed by atoms with Crippen LogP contribution in [-0.4, -0.2) is 48.1 Å². The van der Waals surface area contributed by atoms with E-state index >= 15 is 0 Å². The van der Waals surface area contributed by atoms with E-state index in [-0.39, 0.29) is 0 Å². The van der Waals surface area contributed by atoms with Crippen LogP contribution in [0.2, 0.25) is 0 Å². The van der Waals surface area contributed by atoms with Gasteiger partial charge in [-0.15, -0.1) is 0 Å². The zero-order chi connectivity index (χ0) is 14.4. The van der Waals surface area contributed by atoms with Crippen LogP contribution in [0, 0.1) is 12.8 Å². The maximum Gasteiger partial charge on any atom is 0.131 e. The van der Waals surface area contributed by atoms with Gasteiger partial charge in [-0.3, -0.25) is 0 Å². The van der Waals surface area contributed by atoms with Gasteiger partial charge < -0.3 is 15.5 Å². The number of hydrogen-bond acceptors (Lipinski definition) is 5. The molecule has 2 N–H and O–H groups in total. The number of anilines is 2. The van der Waals surface area contributed by atoms with Crippen LogP contribution in [-0.2, 0) is 0 Å². The van der Waals surface area contributed by atoms with Gasteiger partial charge in [0.15, 0.2) is 0 Å². The van der Waals surface area contributed by atoms with Crippen molar-refractivity contribution in [3.63, 3.8) is 0 Å². The molecule has 1 aliphatic rings. The first kappa shape index (κ1) is 15.0. The average Bonchev–Trinajstić information content (AvgIpc) is 2.41. The SMILES string of the molecule is CCNc1cc(NCCC2CCN(C)CC2)nc(C)n1. The van der Waals surface area contributed by atoms with Gasteiger partial charge in [0.05, 0.1) is 0 Å². The van der Waals surface area contributed by atoms with E-state index in [2.05, 4.69) is 39.5 Å². The van der Waals surface area contributed by atoms with Crippen LogP contribution < -0.4 is 10.6 Å². The molecule has 0 bridgehead atoms. The number of nitrogens with one attached hydrogen (secondary N) is 2. The van der Waals surface area contributed by atoms with E-state index in [1.54, 1.807) is 0 Å². The molecule has 1 aromatic rings. The fourth-order valence-corrected chi connectivity index (χ4v) is 2.69. The van der Waals surface area contributed by atoms with E-state index in [4.69, 9.17) is 0 Å². The lowest BCUT2D eigenvalue weighted by atomic mass is 9.94. The Bertz CT molecular complexity index is 413. The van der Waals surface area contributed by atoms with Crippen LogP contribution in [0.15, 0.2) is 6.07 Å². The normalized spacial score (nSPS) is 17.1. The van der Waals surface area contributed by atoms with Gasteiger partial charge in [0.25, 0.3) is 0 Å². The monoisotopic (exact) mass is 277 g/mol. The van der Waals surface area contributed by atoms with E-state index < -0.39 is 0 Å². The molecule has 1 fully saturated rings. The molecule has 0 aliphatic carbocycles. The summed E-state index contributed by atoms with van der Waals surface area (Å²) in [5, 5.41) is 6.67. The van der Waals surface area contributed by atoms with Crippen LogP contribution in [0.3, 0.4) is 0 Å². The Hall–Kier alpha value is -1.36. The summed E-state index contributed by atoms with van der Waals surface area (Å²) in [7, 11) is 2.21. The Kier molecular flexibility index (Phi) is 5.59. The lowest BCUT2D eigenvalue weighted by Gasteiger charge is -2.28. The van der Waals surface area contributed by atoms with Gasteiger partial charge in [-0.2, -0.15) is 0 Å². The first-order chi connectivity index (χ1) is 9.67. The molecule has 112 valence electrons. The lowest BCUT2D eigenvalue weighted by molar-refractivity contribution is 0.215. The number of likely N-dealkylation sites (tertiary alicyclic amines) is 1. The van der Waals surface area contributed by atoms with Crippen molar-refractivity contribution in [1.29, 1.82) is 0 Å². The van der Waals surface area contributed by atoms with Crippen molar-refractivity contribution >= 4 is 11.6 Å². The van der Waals surface area contributed by atoms with Crippen molar-refractivity contribution in [2.24, 2.45) is 5.92 Å². The first-order valence-electron chi connectivity index (χ1n) is 7.69. The lowest BCUT2D eigenvalue weighted by Crippen LogP contribution is -2.30. The molecule has 0 amide bonds. The molecule has 0 spiro atoms. The second kappa shape index (κ2) is 7.43. The Labute approximate surface area is 122 Å². The predicted octanol–water partition coefficient (Wildman–Crippen LogP) is 2.36. The Balaban J connectivity index is 1.78. The molecule has 2 rings (SSSR count). The molecule has 0 atom stereocenters. The number of rotatable bonds is 6. The Morgan fingerprint density at radius 3 is 2.50 bits per heavy atom. The van der Waals surface area contributed by atoms with Crippen molar-refractivity contribution in [3.05, 3.63) is 11.9 Å². The molecule has 1 saturated heterocycles. The van der Waals surface area contributed by atoms with Crippen molar-refractivity contribution in [1.82, 2.24) is 14.9 Å². The highest BCUT2D eigenvalue weighted by atomic mass is 15.1. The molecule has 5 heteroatoms. The minimum Gasteiger partial charge on any atom is -0.370 e. The molecule has 5 nitrogen and oxygen atoms in total. The van der Waals surface area contributed by atoms with Crippen LogP contribution >= 0.6 is 0 Å². The molecule has 0 saturated carbocycles. The summed E-state index contributed by atoms with van der Waals surface area (Å²) in [5.74, 6) is 3.50. The van der Waals surface area contributed by atoms with E-state index in [1.165, 1.54) is 32.4 Å². The largest absolute Gasteiger partial charge is 0.370 e. The summed E-state index contributed by atoms with van der Waals surface area (Å²) in [6, 6.07) is 1.99. The zero-order valence-electron chi connectivity index (χ0n) is 12.9. The zero-order valence-corrected chi connectivity index (χ0v) is 12.9. The van der Waals surface area contributed by atoms with Crippen LogP contribution in [0.1, 0.15) is 32.0 Å². The van der Waals surface area contributed by atoms with E-state index in [0.717, 1.165) is 36.5 Å². The predicted molar refractivity (Wildman–Crippen MR) is 84.3 cm³/mol. The van der Waals surface area contributed by atoms with Gasteiger partial charge in [0.2, 0.25) is 0 Å². The second-order valence-electron chi connectivity index (χ2n) is 5.68. The summed E-state index contributed by atoms with van der Waals surface area (Å²) in [4.78, 5) is 11.2. The fraction of sp³-hybridized carbons (Fsp3) is 0.733. The van der Waals surface area contributed by atoms with Gasteiger partial charge in [-0.1, -0.05) is 0 Å². The maximum atomic E-state index is 4.44. The van der Waals surface area contributed by atoms with Crippen molar-refractivity contribution in [2.75, 3.05) is 43.9 Å². The highest BCUT2D eigenvalue weighted by Gasteiger charge is 2.16. The quantitative estimate of drug-likeness (QED) is 0.836. The molecule has 2 heterocycles. The number of hydrogen-bond donors (Lipinski definition) is 2. The highest BCUT2D eigenvalue weighted by Crippen LogP contribution is 2.19. The third-order valence-electron chi connectivity index (χ3n) is 3.89. The third kappa shape index (κ3) is 4.63. The summed E-state index contributed by atoms with van der Waals surface area (Å²) in [5.41, 5.74) is 0. The van der Waals surface area contributed by atoms with E-state index in [0.29, 0.717) is 0 Å². The van der Waals surface area contributed by atoms with Gasteiger partial charge in [-0.05, 0) is 59.2 Å². The minimum atomic E-state index is 0.810. The molecule has 1 aliphatic heterocycles. The molecule has 0 unspecified atom stereocenters. The van der Waals surface area contributed by atoms with Crippen molar-refractivity contribution in [2.45, 2.75) is 33.1 Å². The summed E-state index contributed by atoms with van der Waals surface area (Å²) in [6.45, 7) is 8.36. The Morgan fingerprint density at radius 1 is 1.20 bits per heavy atom. The number of aryl methyl sites for hydroxylation is 1. The standard InChI is InChI=1S/C15H27N5/c1-4-16-14-11-15(19-12(2)18-14)17-8-5-13-6-9-20(3)10-7-13/h11,13H,4-10H2,1-3H3,(H2,16,17,18,19). The molecular weight excluding hydrogens is 250 g/mol. The second-order valence-corrected chi connectivity index (χ2v) is 5.68. The van der Waals surface area contributed by atoms with E-state index in [9.17, 15) is 0 Å². The van der Waals surface area contributed by atoms with Gasteiger partial charge >= 0.3 is 0 Å². The molecule has 20 heavy (non-hydrogen) atoms. The average molecular weight is 277 g/mol. The number of aromatic nitrogens is 2. The molecular formula is C15H27N5. The topological polar surface area (TPSA) is 53.1 Å². The van der Waals surface area contributed by atoms with Crippen LogP contribution in [0.25, 0.3) is 0 Å². The number of nitrogens with zero attached hydrogens (tertiary/aromatic N) is 3. The summed E-state index contributed by atoms with van der Waals surface area (Å²) >= 11 is 0. The molecule has 1 aromatic heterocycles. The van der Waals surface area contributed by atoms with Crippen LogP contribution in [0.5, 0.6) is 0 Å².